The lowest BCUT2D eigenvalue weighted by Gasteiger charge is -2.32. The number of likely N-dealkylation sites (N-methyl/N-ethyl adjacent to an activating group) is 2. The van der Waals surface area contributed by atoms with Gasteiger partial charge in [0, 0.05) is 50.2 Å². The largest absolute Gasteiger partial charge is 0.481 e. The van der Waals surface area contributed by atoms with Crippen molar-refractivity contribution in [2.24, 2.45) is 5.92 Å². The highest BCUT2D eigenvalue weighted by Gasteiger charge is 2.35. The molecule has 3 aromatic heterocycles. The Morgan fingerprint density at radius 3 is 2.14 bits per heavy atom. The summed E-state index contributed by atoms with van der Waals surface area (Å²) in [6.45, 7) is 6.92. The van der Waals surface area contributed by atoms with E-state index < -0.39 is 96.5 Å². The van der Waals surface area contributed by atoms with Crippen LogP contribution in [0.5, 0.6) is 0 Å². The van der Waals surface area contributed by atoms with Gasteiger partial charge in [0.05, 0.1) is 25.6 Å². The molecule has 22 nitrogen and oxygen atoms in total. The van der Waals surface area contributed by atoms with E-state index in [4.69, 9.17) is 0 Å². The molecule has 69 heavy (non-hydrogen) atoms. The molecule has 3 aromatic rings. The van der Waals surface area contributed by atoms with Gasteiger partial charge in [-0.2, -0.15) is 0 Å². The molecule has 0 saturated carbocycles. The van der Waals surface area contributed by atoms with Crippen LogP contribution in [0.2, 0.25) is 0 Å². The van der Waals surface area contributed by atoms with E-state index in [-0.39, 0.29) is 44.7 Å². The second-order valence-corrected chi connectivity index (χ2v) is 17.3. The number of aldehydes is 1. The molecule has 22 heteroatoms. The number of rotatable bonds is 31. The molecule has 3 rings (SSSR count). The van der Waals surface area contributed by atoms with Gasteiger partial charge in [-0.1, -0.05) is 20.8 Å². The number of hydrogen-bond donors (Lipinski definition) is 9. The third-order valence-electron chi connectivity index (χ3n) is 11.2. The quantitative estimate of drug-likeness (QED) is 0.0293. The number of aromatic nitrogens is 3. The van der Waals surface area contributed by atoms with Crippen LogP contribution in [-0.4, -0.2) is 167 Å². The summed E-state index contributed by atoms with van der Waals surface area (Å²) in [6.07, 6.45) is 8.52. The second-order valence-electron chi connectivity index (χ2n) is 17.3. The fourth-order valence-electron chi connectivity index (χ4n) is 7.57. The first-order valence-corrected chi connectivity index (χ1v) is 23.2. The molecule has 3 heterocycles. The lowest BCUT2D eigenvalue weighted by molar-refractivity contribution is -0.145. The number of carbonyl (C=O) groups excluding carboxylic acids is 8. The third-order valence-corrected chi connectivity index (χ3v) is 11.2. The molecule has 6 unspecified atom stereocenters. The number of nitrogens with zero attached hydrogens (tertiary/aromatic N) is 4. The van der Waals surface area contributed by atoms with Crippen LogP contribution >= 0.6 is 0 Å². The molecular formula is C47H70N12O10. The molecule has 6 atom stereocenters. The van der Waals surface area contributed by atoms with E-state index in [9.17, 15) is 48.3 Å². The molecule has 0 aliphatic rings. The predicted octanol–water partition coefficient (Wildman–Crippen LogP) is -0.419. The highest BCUT2D eigenvalue weighted by Crippen LogP contribution is 2.19. The number of H-pyrrole nitrogens is 1. The van der Waals surface area contributed by atoms with Gasteiger partial charge in [-0.05, 0) is 107 Å². The minimum Gasteiger partial charge on any atom is -0.481 e. The Labute approximate surface area is 402 Å². The number of aromatic amines is 1. The lowest BCUT2D eigenvalue weighted by atomic mass is 10.0. The standard InChI is InChI=1S/C47H70N12O10/c1-8-20-59(27-40(62)58(7)38(13-9-10-16-48-5)46(68)54-33(28-60)22-31-14-18-50-19-15-31)47(69)37(23-32-25-52-42-34(32)12-11-17-51-42)57-43(65)30(4)53-44(66)35(21-29(2)3)56-45(67)36(24-41(63)64)55-39(61)26-49-6/h11-12,14-15,17-19,25,28-30,33,35-38,48-49H,8-10,13,16,20-24,26-27H2,1-7H3,(H,51,52)(H,53,66)(H,54,68)(H,55,61)(H,56,67)(H,57,65)(H,63,64). The van der Waals surface area contributed by atoms with E-state index in [1.807, 2.05) is 6.92 Å². The van der Waals surface area contributed by atoms with E-state index in [2.05, 4.69) is 52.2 Å². The van der Waals surface area contributed by atoms with Crippen LogP contribution in [0.1, 0.15) is 77.3 Å². The van der Waals surface area contributed by atoms with Crippen molar-refractivity contribution in [2.45, 2.75) is 115 Å². The van der Waals surface area contributed by atoms with Gasteiger partial charge in [0.1, 0.15) is 42.1 Å². The average Bonchev–Trinajstić information content (AvgIpc) is 3.72. The zero-order valence-electron chi connectivity index (χ0n) is 40.6. The van der Waals surface area contributed by atoms with Crippen LogP contribution in [0.15, 0.2) is 49.1 Å². The van der Waals surface area contributed by atoms with Crippen LogP contribution in [0.25, 0.3) is 11.0 Å². The summed E-state index contributed by atoms with van der Waals surface area (Å²) in [5.41, 5.74) is 1.94. The number of pyridine rings is 2. The smallest absolute Gasteiger partial charge is 0.305 e. The highest BCUT2D eigenvalue weighted by atomic mass is 16.4. The van der Waals surface area contributed by atoms with Crippen molar-refractivity contribution < 1.29 is 48.3 Å². The second kappa shape index (κ2) is 29.2. The number of carbonyl (C=O) groups is 9. The summed E-state index contributed by atoms with van der Waals surface area (Å²) >= 11 is 0. The normalized spacial score (nSPS) is 13.7. The Morgan fingerprint density at radius 1 is 0.812 bits per heavy atom. The van der Waals surface area contributed by atoms with Crippen molar-refractivity contribution in [1.29, 1.82) is 0 Å². The number of fused-ring (bicyclic) bond motifs is 1. The zero-order chi connectivity index (χ0) is 51.0. The van der Waals surface area contributed by atoms with E-state index in [0.29, 0.717) is 48.7 Å². The molecule has 0 spiro atoms. The van der Waals surface area contributed by atoms with Crippen molar-refractivity contribution in [1.82, 2.24) is 62.0 Å². The van der Waals surface area contributed by atoms with Crippen molar-refractivity contribution in [3.63, 3.8) is 0 Å². The first kappa shape index (κ1) is 56.5. The Bertz CT molecular complexity index is 2190. The van der Waals surface area contributed by atoms with Crippen LogP contribution < -0.4 is 37.2 Å². The van der Waals surface area contributed by atoms with E-state index >= 15 is 0 Å². The van der Waals surface area contributed by atoms with Crippen molar-refractivity contribution in [2.75, 3.05) is 47.3 Å². The summed E-state index contributed by atoms with van der Waals surface area (Å²) < 4.78 is 0. The Hall–Kier alpha value is -6.81. The fraction of sp³-hybridized carbons (Fsp3) is 0.553. The van der Waals surface area contributed by atoms with Gasteiger partial charge >= 0.3 is 5.97 Å². The summed E-state index contributed by atoms with van der Waals surface area (Å²) in [4.78, 5) is 134. The van der Waals surface area contributed by atoms with Crippen molar-refractivity contribution in [3.05, 3.63) is 60.2 Å². The van der Waals surface area contributed by atoms with Crippen LogP contribution in [0.3, 0.4) is 0 Å². The average molecular weight is 963 g/mol. The van der Waals surface area contributed by atoms with Gasteiger partial charge in [0.15, 0.2) is 0 Å². The van der Waals surface area contributed by atoms with Gasteiger partial charge in [-0.3, -0.25) is 43.3 Å². The van der Waals surface area contributed by atoms with E-state index in [1.54, 1.807) is 69.9 Å². The number of carboxylic acids is 1. The monoisotopic (exact) mass is 963 g/mol. The van der Waals surface area contributed by atoms with E-state index in [0.717, 1.165) is 5.56 Å². The first-order valence-electron chi connectivity index (χ1n) is 23.2. The molecule has 0 fully saturated rings. The molecule has 0 radical (unpaired) electrons. The summed E-state index contributed by atoms with van der Waals surface area (Å²) in [5, 5.41) is 28.8. The predicted molar refractivity (Wildman–Crippen MR) is 256 cm³/mol. The van der Waals surface area contributed by atoms with Gasteiger partial charge in [-0.15, -0.1) is 0 Å². The molecule has 7 amide bonds. The van der Waals surface area contributed by atoms with E-state index in [1.165, 1.54) is 30.8 Å². The van der Waals surface area contributed by atoms with Crippen molar-refractivity contribution in [3.8, 4) is 0 Å². The number of unbranched alkanes of at least 4 members (excludes halogenated alkanes) is 1. The topological polar surface area (TPSA) is 306 Å². The summed E-state index contributed by atoms with van der Waals surface area (Å²) in [5.74, 6) is -6.33. The highest BCUT2D eigenvalue weighted by molar-refractivity contribution is 5.97. The molecule has 9 N–H and O–H groups in total. The Morgan fingerprint density at radius 2 is 1.51 bits per heavy atom. The van der Waals surface area contributed by atoms with Crippen molar-refractivity contribution >= 4 is 64.6 Å². The first-order chi connectivity index (χ1) is 32.9. The molecule has 0 aliphatic carbocycles. The maximum Gasteiger partial charge on any atom is 0.305 e. The molecule has 378 valence electrons. The maximum absolute atomic E-state index is 14.7. The molecule has 0 aliphatic heterocycles. The summed E-state index contributed by atoms with van der Waals surface area (Å²) in [6, 6.07) is -0.187. The van der Waals surface area contributed by atoms with Gasteiger partial charge in [0.2, 0.25) is 41.4 Å². The zero-order valence-corrected chi connectivity index (χ0v) is 40.6. The number of amides is 7. The Kier molecular flexibility index (Phi) is 23.9. The number of aliphatic carboxylic acids is 1. The maximum atomic E-state index is 14.7. The molecular weight excluding hydrogens is 893 g/mol. The molecule has 0 bridgehead atoms. The lowest BCUT2D eigenvalue weighted by Crippen LogP contribution is -2.59. The van der Waals surface area contributed by atoms with Gasteiger partial charge in [-0.25, -0.2) is 4.98 Å². The SMILES string of the molecule is CCCN(CC(=O)N(C)C(CCCCNC)C(=O)NC(C=O)Cc1ccncc1)C(=O)C(Cc1c[nH]c2ncccc12)NC(=O)C(C)NC(=O)C(CC(C)C)NC(=O)C(CC(=O)O)NC(=O)CNC. The van der Waals surface area contributed by atoms with Crippen LogP contribution in [-0.2, 0) is 56.0 Å². The Balaban J connectivity index is 1.88. The minimum atomic E-state index is -1.50. The molecule has 0 saturated heterocycles. The van der Waals surface area contributed by atoms with Gasteiger partial charge in [0.25, 0.3) is 0 Å². The van der Waals surface area contributed by atoms with Crippen LogP contribution in [0, 0.1) is 5.92 Å². The fourth-order valence-corrected chi connectivity index (χ4v) is 7.57. The minimum absolute atomic E-state index is 0.0570. The number of carboxylic acid groups (broad SMARTS) is 1. The number of nitrogens with one attached hydrogen (secondary N) is 8. The molecule has 0 aromatic carbocycles. The van der Waals surface area contributed by atoms with Crippen LogP contribution in [0.4, 0.5) is 0 Å². The summed E-state index contributed by atoms with van der Waals surface area (Å²) in [7, 11) is 4.78. The third kappa shape index (κ3) is 18.7. The number of hydrogen-bond acceptors (Lipinski definition) is 13. The van der Waals surface area contributed by atoms with Gasteiger partial charge < -0.3 is 61.9 Å².